The van der Waals surface area contributed by atoms with Crippen LogP contribution in [0.4, 0.5) is 0 Å². The highest BCUT2D eigenvalue weighted by Crippen LogP contribution is 2.20. The molecule has 0 saturated heterocycles. The van der Waals surface area contributed by atoms with E-state index in [1.807, 2.05) is 60.1 Å². The molecule has 3 rings (SSSR count). The van der Waals surface area contributed by atoms with Crippen LogP contribution in [0.15, 0.2) is 48.7 Å². The molecule has 1 aromatic carbocycles. The van der Waals surface area contributed by atoms with Gasteiger partial charge in [0.15, 0.2) is 5.69 Å². The minimum Gasteiger partial charge on any atom is -0.496 e. The molecule has 0 aliphatic carbocycles. The maximum Gasteiger partial charge on any atom is 0.274 e. The number of para-hydroxylation sites is 1. The summed E-state index contributed by atoms with van der Waals surface area (Å²) in [7, 11) is 3.50. The van der Waals surface area contributed by atoms with Crippen LogP contribution in [-0.4, -0.2) is 40.9 Å². The molecule has 5 heteroatoms. The summed E-state index contributed by atoms with van der Waals surface area (Å²) in [5.74, 6) is 2.21. The van der Waals surface area contributed by atoms with Gasteiger partial charge in [0.2, 0.25) is 0 Å². The monoisotopic (exact) mass is 365 g/mol. The molecule has 0 radical (unpaired) electrons. The van der Waals surface area contributed by atoms with E-state index in [9.17, 15) is 4.79 Å². The molecule has 0 bridgehead atoms. The lowest BCUT2D eigenvalue weighted by Gasteiger charge is -2.17. The van der Waals surface area contributed by atoms with Gasteiger partial charge in [-0.05, 0) is 36.1 Å². The number of rotatable bonds is 7. The van der Waals surface area contributed by atoms with Crippen molar-refractivity contribution >= 4 is 11.4 Å². The van der Waals surface area contributed by atoms with E-state index in [4.69, 9.17) is 4.74 Å². The van der Waals surface area contributed by atoms with Crippen LogP contribution in [-0.2, 0) is 12.8 Å². The number of methoxy groups -OCH3 is 1. The number of imidazole rings is 1. The van der Waals surface area contributed by atoms with Gasteiger partial charge in [0.1, 0.15) is 11.6 Å². The number of carbonyl (C=O) groups excluding carboxylic acids is 1. The van der Waals surface area contributed by atoms with E-state index in [0.717, 1.165) is 35.5 Å². The van der Waals surface area contributed by atoms with Gasteiger partial charge in [-0.3, -0.25) is 4.79 Å². The van der Waals surface area contributed by atoms with E-state index in [-0.39, 0.29) is 5.91 Å². The van der Waals surface area contributed by atoms with Crippen LogP contribution >= 0.6 is 0 Å². The maximum absolute atomic E-state index is 13.1. The van der Waals surface area contributed by atoms with Crippen LogP contribution in [0, 0.1) is 5.92 Å². The quantitative estimate of drug-likeness (QED) is 0.639. The Labute approximate surface area is 160 Å². The highest BCUT2D eigenvalue weighted by molar-refractivity contribution is 5.99. The van der Waals surface area contributed by atoms with Crippen molar-refractivity contribution in [1.82, 2.24) is 14.3 Å². The molecule has 0 N–H and O–H groups in total. The Morgan fingerprint density at radius 3 is 2.67 bits per heavy atom. The highest BCUT2D eigenvalue weighted by atomic mass is 16.5. The summed E-state index contributed by atoms with van der Waals surface area (Å²) in [6, 6.07) is 13.8. The van der Waals surface area contributed by atoms with E-state index in [0.29, 0.717) is 18.2 Å². The minimum atomic E-state index is -0.0522. The second-order valence-electron chi connectivity index (χ2n) is 7.22. The van der Waals surface area contributed by atoms with Crippen LogP contribution in [0.3, 0.4) is 0 Å². The van der Waals surface area contributed by atoms with E-state index >= 15 is 0 Å². The third-order valence-corrected chi connectivity index (χ3v) is 4.67. The lowest BCUT2D eigenvalue weighted by molar-refractivity contribution is 0.0793. The topological polar surface area (TPSA) is 46.8 Å². The van der Waals surface area contributed by atoms with Crippen molar-refractivity contribution in [1.29, 1.82) is 0 Å². The third kappa shape index (κ3) is 4.13. The zero-order valence-corrected chi connectivity index (χ0v) is 16.5. The molecule has 0 unspecified atom stereocenters. The zero-order valence-electron chi connectivity index (χ0n) is 16.5. The fourth-order valence-electron chi connectivity index (χ4n) is 3.25. The third-order valence-electron chi connectivity index (χ3n) is 4.67. The Morgan fingerprint density at radius 2 is 1.93 bits per heavy atom. The molecule has 27 heavy (non-hydrogen) atoms. The molecule has 5 nitrogen and oxygen atoms in total. The average Bonchev–Trinajstić information content (AvgIpc) is 3.03. The van der Waals surface area contributed by atoms with Crippen molar-refractivity contribution < 1.29 is 9.53 Å². The number of pyridine rings is 1. The molecule has 142 valence electrons. The smallest absolute Gasteiger partial charge is 0.274 e. The van der Waals surface area contributed by atoms with Crippen molar-refractivity contribution in [2.75, 3.05) is 20.7 Å². The lowest BCUT2D eigenvalue weighted by atomic mass is 10.1. The van der Waals surface area contributed by atoms with Gasteiger partial charge in [-0.1, -0.05) is 38.1 Å². The largest absolute Gasteiger partial charge is 0.496 e. The first kappa shape index (κ1) is 19.0. The van der Waals surface area contributed by atoms with E-state index in [2.05, 4.69) is 18.8 Å². The van der Waals surface area contributed by atoms with Crippen molar-refractivity contribution in [3.05, 3.63) is 65.7 Å². The number of amides is 1. The summed E-state index contributed by atoms with van der Waals surface area (Å²) in [4.78, 5) is 19.5. The first-order valence-electron chi connectivity index (χ1n) is 9.34. The van der Waals surface area contributed by atoms with Crippen LogP contribution in [0.1, 0.15) is 35.7 Å². The molecule has 0 saturated carbocycles. The summed E-state index contributed by atoms with van der Waals surface area (Å²) in [5, 5.41) is 0. The number of hydrogen-bond donors (Lipinski definition) is 0. The molecule has 0 spiro atoms. The van der Waals surface area contributed by atoms with Gasteiger partial charge in [-0.15, -0.1) is 0 Å². The molecule has 0 aliphatic rings. The van der Waals surface area contributed by atoms with Gasteiger partial charge in [-0.25, -0.2) is 4.98 Å². The predicted octanol–water partition coefficient (Wildman–Crippen LogP) is 3.86. The second-order valence-corrected chi connectivity index (χ2v) is 7.22. The summed E-state index contributed by atoms with van der Waals surface area (Å²) < 4.78 is 7.43. The van der Waals surface area contributed by atoms with Crippen molar-refractivity contribution in [3.8, 4) is 5.75 Å². The zero-order chi connectivity index (χ0) is 19.4. The number of benzene rings is 1. The highest BCUT2D eigenvalue weighted by Gasteiger charge is 2.21. The van der Waals surface area contributed by atoms with Gasteiger partial charge in [0, 0.05) is 26.2 Å². The molecule has 3 aromatic rings. The fraction of sp³-hybridized carbons (Fsp3) is 0.364. The molecule has 2 heterocycles. The number of ether oxygens (including phenoxy) is 1. The molecule has 0 aliphatic heterocycles. The summed E-state index contributed by atoms with van der Waals surface area (Å²) in [5.41, 5.74) is 2.48. The van der Waals surface area contributed by atoms with E-state index < -0.39 is 0 Å². The Bertz CT molecular complexity index is 930. The van der Waals surface area contributed by atoms with Gasteiger partial charge in [0.05, 0.1) is 12.6 Å². The van der Waals surface area contributed by atoms with Gasteiger partial charge < -0.3 is 14.0 Å². The maximum atomic E-state index is 13.1. The molecular weight excluding hydrogens is 338 g/mol. The van der Waals surface area contributed by atoms with Crippen molar-refractivity contribution in [2.45, 2.75) is 26.7 Å². The Balaban J connectivity index is 1.80. The number of hydrogen-bond acceptors (Lipinski definition) is 3. The van der Waals surface area contributed by atoms with Crippen molar-refractivity contribution in [2.24, 2.45) is 5.92 Å². The normalized spacial score (nSPS) is 11.1. The van der Waals surface area contributed by atoms with Crippen LogP contribution in [0.25, 0.3) is 5.52 Å². The Kier molecular flexibility index (Phi) is 5.79. The number of carbonyl (C=O) groups is 1. The number of likely N-dealkylation sites (N-methyl/N-ethyl adjacent to an activating group) is 1. The SMILES string of the molecule is COc1ccccc1CCN(C)C(=O)c1nc(CC(C)C)n2ccccc12. The molecule has 0 fully saturated rings. The molecule has 2 aromatic heterocycles. The van der Waals surface area contributed by atoms with E-state index in [1.54, 1.807) is 12.0 Å². The Hall–Kier alpha value is -2.82. The second kappa shape index (κ2) is 8.25. The Morgan fingerprint density at radius 1 is 1.19 bits per heavy atom. The summed E-state index contributed by atoms with van der Waals surface area (Å²) in [6.07, 6.45) is 3.55. The van der Waals surface area contributed by atoms with Gasteiger partial charge in [0.25, 0.3) is 5.91 Å². The first-order valence-corrected chi connectivity index (χ1v) is 9.34. The lowest BCUT2D eigenvalue weighted by Crippen LogP contribution is -2.29. The number of aromatic nitrogens is 2. The molecule has 1 amide bonds. The van der Waals surface area contributed by atoms with Crippen molar-refractivity contribution in [3.63, 3.8) is 0 Å². The van der Waals surface area contributed by atoms with E-state index in [1.165, 1.54) is 0 Å². The van der Waals surface area contributed by atoms with Crippen LogP contribution in [0.2, 0.25) is 0 Å². The standard InChI is InChI=1S/C22H27N3O2/c1-16(2)15-20-23-21(18-10-7-8-13-25(18)20)22(26)24(3)14-12-17-9-5-6-11-19(17)27-4/h5-11,13,16H,12,14-15H2,1-4H3. The predicted molar refractivity (Wildman–Crippen MR) is 107 cm³/mol. The molecule has 0 atom stereocenters. The summed E-state index contributed by atoms with van der Waals surface area (Å²) in [6.45, 7) is 4.92. The van der Waals surface area contributed by atoms with Gasteiger partial charge >= 0.3 is 0 Å². The van der Waals surface area contributed by atoms with Crippen LogP contribution in [0.5, 0.6) is 5.75 Å². The van der Waals surface area contributed by atoms with Gasteiger partial charge in [-0.2, -0.15) is 0 Å². The number of fused-ring (bicyclic) bond motifs is 1. The number of nitrogens with zero attached hydrogens (tertiary/aromatic N) is 3. The average molecular weight is 365 g/mol. The first-order chi connectivity index (χ1) is 13.0. The van der Waals surface area contributed by atoms with Crippen LogP contribution < -0.4 is 4.74 Å². The molecular formula is C22H27N3O2. The fourth-order valence-corrected chi connectivity index (χ4v) is 3.25. The summed E-state index contributed by atoms with van der Waals surface area (Å²) >= 11 is 0. The minimum absolute atomic E-state index is 0.0522.